The van der Waals surface area contributed by atoms with E-state index in [0.29, 0.717) is 24.4 Å². The summed E-state index contributed by atoms with van der Waals surface area (Å²) in [5.41, 5.74) is 2.61. The van der Waals surface area contributed by atoms with E-state index in [4.69, 9.17) is 0 Å². The Balaban J connectivity index is 0.00000176. The summed E-state index contributed by atoms with van der Waals surface area (Å²) >= 11 is 0. The molecule has 6 heteroatoms. The number of nitrogens with one attached hydrogen (secondary N) is 2. The highest BCUT2D eigenvalue weighted by atomic mass is 35.5. The second-order valence-corrected chi connectivity index (χ2v) is 5.82. The number of piperidine rings is 1. The van der Waals surface area contributed by atoms with E-state index in [1.165, 1.54) is 0 Å². The Kier molecular flexibility index (Phi) is 5.42. The van der Waals surface area contributed by atoms with Crippen molar-refractivity contribution >= 4 is 29.9 Å². The van der Waals surface area contributed by atoms with E-state index in [9.17, 15) is 9.59 Å². The lowest BCUT2D eigenvalue weighted by molar-refractivity contribution is -0.116. The first-order valence-corrected chi connectivity index (χ1v) is 7.56. The average Bonchev–Trinajstić information content (AvgIpc) is 2.53. The third-order valence-corrected chi connectivity index (χ3v) is 4.42. The van der Waals surface area contributed by atoms with Crippen molar-refractivity contribution in [3.8, 4) is 0 Å². The van der Waals surface area contributed by atoms with Gasteiger partial charge in [0.25, 0.3) is 5.91 Å². The number of anilines is 1. The molecule has 2 N–H and O–H groups in total. The lowest BCUT2D eigenvalue weighted by atomic mass is 9.99. The molecule has 0 aliphatic carbocycles. The number of nitrogens with zero attached hydrogens (tertiary/aromatic N) is 1. The van der Waals surface area contributed by atoms with E-state index in [0.717, 1.165) is 37.2 Å². The van der Waals surface area contributed by atoms with Crippen molar-refractivity contribution in [3.63, 3.8) is 0 Å². The van der Waals surface area contributed by atoms with Gasteiger partial charge < -0.3 is 15.5 Å². The van der Waals surface area contributed by atoms with Crippen LogP contribution in [-0.4, -0.2) is 42.9 Å². The molecule has 5 nitrogen and oxygen atoms in total. The van der Waals surface area contributed by atoms with Gasteiger partial charge in [0.15, 0.2) is 0 Å². The molecule has 1 saturated heterocycles. The van der Waals surface area contributed by atoms with Crippen molar-refractivity contribution in [2.24, 2.45) is 0 Å². The van der Waals surface area contributed by atoms with Crippen LogP contribution in [0.4, 0.5) is 5.69 Å². The Morgan fingerprint density at radius 1 is 1.23 bits per heavy atom. The summed E-state index contributed by atoms with van der Waals surface area (Å²) < 4.78 is 0. The van der Waals surface area contributed by atoms with Crippen LogP contribution in [0.2, 0.25) is 0 Å². The number of aryl methyl sites for hydroxylation is 1. The lowest BCUT2D eigenvalue weighted by Gasteiger charge is -2.32. The molecule has 2 aliphatic heterocycles. The number of amides is 2. The fourth-order valence-corrected chi connectivity index (χ4v) is 3.08. The molecule has 0 aromatic heterocycles. The highest BCUT2D eigenvalue weighted by Gasteiger charge is 2.24. The standard InChI is InChI=1S/C16H21N3O2.ClH/c1-19(13-6-8-17-9-7-13)16(21)12-2-4-14-11(10-12)3-5-15(20)18-14;/h2,4,10,13,17H,3,5-9H2,1H3,(H,18,20);1H. The quantitative estimate of drug-likeness (QED) is 0.872. The van der Waals surface area contributed by atoms with E-state index >= 15 is 0 Å². The van der Waals surface area contributed by atoms with E-state index in [-0.39, 0.29) is 24.2 Å². The van der Waals surface area contributed by atoms with Gasteiger partial charge in [0.2, 0.25) is 5.91 Å². The number of hydrogen-bond donors (Lipinski definition) is 2. The molecule has 1 fully saturated rings. The summed E-state index contributed by atoms with van der Waals surface area (Å²) in [4.78, 5) is 25.8. The van der Waals surface area contributed by atoms with E-state index in [1.807, 2.05) is 30.1 Å². The third kappa shape index (κ3) is 3.42. The molecule has 0 unspecified atom stereocenters. The molecule has 0 spiro atoms. The third-order valence-electron chi connectivity index (χ3n) is 4.42. The molecule has 120 valence electrons. The van der Waals surface area contributed by atoms with Crippen molar-refractivity contribution < 1.29 is 9.59 Å². The molecule has 2 heterocycles. The van der Waals surface area contributed by atoms with Crippen molar-refractivity contribution in [2.45, 2.75) is 31.7 Å². The zero-order chi connectivity index (χ0) is 14.8. The van der Waals surface area contributed by atoms with Gasteiger partial charge in [-0.25, -0.2) is 0 Å². The fraction of sp³-hybridized carbons (Fsp3) is 0.500. The van der Waals surface area contributed by atoms with Crippen molar-refractivity contribution in [1.82, 2.24) is 10.2 Å². The molecule has 0 bridgehead atoms. The zero-order valence-electron chi connectivity index (χ0n) is 12.7. The van der Waals surface area contributed by atoms with Crippen LogP contribution in [0.15, 0.2) is 18.2 Å². The van der Waals surface area contributed by atoms with Crippen LogP contribution in [0.5, 0.6) is 0 Å². The van der Waals surface area contributed by atoms with Crippen LogP contribution < -0.4 is 10.6 Å². The van der Waals surface area contributed by atoms with Gasteiger partial charge in [-0.3, -0.25) is 9.59 Å². The monoisotopic (exact) mass is 323 g/mol. The maximum atomic E-state index is 12.6. The van der Waals surface area contributed by atoms with Crippen LogP contribution in [-0.2, 0) is 11.2 Å². The Morgan fingerprint density at radius 2 is 1.95 bits per heavy atom. The van der Waals surface area contributed by atoms with Crippen LogP contribution >= 0.6 is 12.4 Å². The molecule has 0 radical (unpaired) electrons. The number of fused-ring (bicyclic) bond motifs is 1. The summed E-state index contributed by atoms with van der Waals surface area (Å²) in [5.74, 6) is 0.120. The first-order valence-electron chi connectivity index (χ1n) is 7.56. The van der Waals surface area contributed by atoms with Gasteiger partial charge in [-0.05, 0) is 56.1 Å². The maximum absolute atomic E-state index is 12.6. The normalized spacial score (nSPS) is 18.0. The molecular formula is C16H22ClN3O2. The van der Waals surface area contributed by atoms with E-state index < -0.39 is 0 Å². The Bertz CT molecular complexity index is 571. The van der Waals surface area contributed by atoms with Gasteiger partial charge in [-0.15, -0.1) is 12.4 Å². The van der Waals surface area contributed by atoms with Crippen LogP contribution in [0.1, 0.15) is 35.2 Å². The van der Waals surface area contributed by atoms with Gasteiger partial charge in [0, 0.05) is 30.8 Å². The molecule has 1 aromatic carbocycles. The summed E-state index contributed by atoms with van der Waals surface area (Å²) in [6.07, 6.45) is 3.21. The molecular weight excluding hydrogens is 302 g/mol. The number of benzene rings is 1. The largest absolute Gasteiger partial charge is 0.339 e. The SMILES string of the molecule is CN(C(=O)c1ccc2c(c1)CCC(=O)N2)C1CCNCC1.Cl. The zero-order valence-corrected chi connectivity index (χ0v) is 13.5. The molecule has 3 rings (SSSR count). The second-order valence-electron chi connectivity index (χ2n) is 5.82. The minimum atomic E-state index is 0. The Morgan fingerprint density at radius 3 is 2.68 bits per heavy atom. The summed E-state index contributed by atoms with van der Waals surface area (Å²) in [7, 11) is 1.89. The summed E-state index contributed by atoms with van der Waals surface area (Å²) in [6.45, 7) is 1.94. The number of carbonyl (C=O) groups excluding carboxylic acids is 2. The number of hydrogen-bond acceptors (Lipinski definition) is 3. The first-order chi connectivity index (χ1) is 10.1. The lowest BCUT2D eigenvalue weighted by Crippen LogP contribution is -2.44. The summed E-state index contributed by atoms with van der Waals surface area (Å²) in [6, 6.07) is 5.89. The average molecular weight is 324 g/mol. The molecule has 0 atom stereocenters. The van der Waals surface area contributed by atoms with E-state index in [1.54, 1.807) is 0 Å². The molecule has 2 amide bonds. The highest BCUT2D eigenvalue weighted by molar-refractivity contribution is 5.98. The van der Waals surface area contributed by atoms with E-state index in [2.05, 4.69) is 10.6 Å². The molecule has 1 aromatic rings. The van der Waals surface area contributed by atoms with Gasteiger partial charge in [0.05, 0.1) is 0 Å². The summed E-state index contributed by atoms with van der Waals surface area (Å²) in [5, 5.41) is 6.16. The van der Waals surface area contributed by atoms with Gasteiger partial charge in [-0.1, -0.05) is 0 Å². The first kappa shape index (κ1) is 16.8. The van der Waals surface area contributed by atoms with Crippen LogP contribution in [0, 0.1) is 0 Å². The van der Waals surface area contributed by atoms with Crippen LogP contribution in [0.3, 0.4) is 0 Å². The topological polar surface area (TPSA) is 61.4 Å². The van der Waals surface area contributed by atoms with Crippen molar-refractivity contribution in [1.29, 1.82) is 0 Å². The molecule has 22 heavy (non-hydrogen) atoms. The second kappa shape index (κ2) is 7.11. The Hall–Kier alpha value is -1.59. The Labute approximate surface area is 136 Å². The van der Waals surface area contributed by atoms with Crippen LogP contribution in [0.25, 0.3) is 0 Å². The minimum absolute atomic E-state index is 0. The minimum Gasteiger partial charge on any atom is -0.339 e. The number of rotatable bonds is 2. The number of carbonyl (C=O) groups is 2. The fourth-order valence-electron chi connectivity index (χ4n) is 3.08. The maximum Gasteiger partial charge on any atom is 0.253 e. The van der Waals surface area contributed by atoms with Crippen molar-refractivity contribution in [3.05, 3.63) is 29.3 Å². The van der Waals surface area contributed by atoms with Gasteiger partial charge >= 0.3 is 0 Å². The van der Waals surface area contributed by atoms with Crippen molar-refractivity contribution in [2.75, 3.05) is 25.5 Å². The number of halogens is 1. The predicted octanol–water partition coefficient (Wildman–Crippen LogP) is 1.82. The highest BCUT2D eigenvalue weighted by Crippen LogP contribution is 2.24. The molecule has 0 saturated carbocycles. The smallest absolute Gasteiger partial charge is 0.253 e. The molecule has 2 aliphatic rings. The predicted molar refractivity (Wildman–Crippen MR) is 88.6 cm³/mol. The van der Waals surface area contributed by atoms with Gasteiger partial charge in [0.1, 0.15) is 0 Å². The van der Waals surface area contributed by atoms with Gasteiger partial charge in [-0.2, -0.15) is 0 Å².